The number of benzene rings is 1. The van der Waals surface area contributed by atoms with Gasteiger partial charge in [0, 0.05) is 12.0 Å². The SMILES string of the molecule is CCc1oc(N)nc1-c1cccc(C(F)(F)F)c1. The van der Waals surface area contributed by atoms with E-state index in [2.05, 4.69) is 4.98 Å². The zero-order valence-corrected chi connectivity index (χ0v) is 9.58. The van der Waals surface area contributed by atoms with Gasteiger partial charge in [0.1, 0.15) is 11.5 Å². The van der Waals surface area contributed by atoms with Crippen molar-refractivity contribution in [1.29, 1.82) is 0 Å². The number of oxazole rings is 1. The van der Waals surface area contributed by atoms with E-state index >= 15 is 0 Å². The van der Waals surface area contributed by atoms with Gasteiger partial charge in [0.05, 0.1) is 5.56 Å². The summed E-state index contributed by atoms with van der Waals surface area (Å²) in [5.74, 6) is 0.479. The molecule has 0 unspecified atom stereocenters. The maximum absolute atomic E-state index is 12.6. The fraction of sp³-hybridized carbons (Fsp3) is 0.250. The Labute approximate surface area is 101 Å². The molecular formula is C12H11F3N2O. The van der Waals surface area contributed by atoms with E-state index in [-0.39, 0.29) is 6.01 Å². The fourth-order valence-corrected chi connectivity index (χ4v) is 1.68. The van der Waals surface area contributed by atoms with Gasteiger partial charge < -0.3 is 10.2 Å². The van der Waals surface area contributed by atoms with Gasteiger partial charge in [0.15, 0.2) is 0 Å². The number of anilines is 1. The Morgan fingerprint density at radius 2 is 2.06 bits per heavy atom. The first kappa shape index (κ1) is 12.5. The van der Waals surface area contributed by atoms with Gasteiger partial charge in [-0.15, -0.1) is 0 Å². The number of halogens is 3. The third-order valence-electron chi connectivity index (χ3n) is 2.50. The van der Waals surface area contributed by atoms with E-state index in [9.17, 15) is 13.2 Å². The summed E-state index contributed by atoms with van der Waals surface area (Å²) in [4.78, 5) is 3.92. The summed E-state index contributed by atoms with van der Waals surface area (Å²) >= 11 is 0. The standard InChI is InChI=1S/C12H11F3N2O/c1-2-9-10(17-11(16)18-9)7-4-3-5-8(6-7)12(13,14)15/h3-6H,2H2,1H3,(H2,16,17). The van der Waals surface area contributed by atoms with Crippen LogP contribution in [0.25, 0.3) is 11.3 Å². The van der Waals surface area contributed by atoms with Crippen LogP contribution in [-0.2, 0) is 12.6 Å². The Hall–Kier alpha value is -1.98. The van der Waals surface area contributed by atoms with Crippen molar-refractivity contribution in [3.05, 3.63) is 35.6 Å². The van der Waals surface area contributed by atoms with Crippen molar-refractivity contribution in [2.45, 2.75) is 19.5 Å². The lowest BCUT2D eigenvalue weighted by Gasteiger charge is -2.07. The molecule has 0 amide bonds. The van der Waals surface area contributed by atoms with Crippen molar-refractivity contribution >= 4 is 6.01 Å². The number of nitrogen functional groups attached to an aromatic ring is 1. The molecule has 0 aliphatic heterocycles. The second kappa shape index (κ2) is 4.36. The Morgan fingerprint density at radius 3 is 2.67 bits per heavy atom. The van der Waals surface area contributed by atoms with Gasteiger partial charge >= 0.3 is 6.18 Å². The topological polar surface area (TPSA) is 52.0 Å². The van der Waals surface area contributed by atoms with Gasteiger partial charge in [-0.2, -0.15) is 18.2 Å². The van der Waals surface area contributed by atoms with E-state index in [4.69, 9.17) is 10.2 Å². The number of alkyl halides is 3. The summed E-state index contributed by atoms with van der Waals surface area (Å²) in [5, 5.41) is 0. The lowest BCUT2D eigenvalue weighted by Crippen LogP contribution is -2.04. The molecule has 6 heteroatoms. The first-order valence-electron chi connectivity index (χ1n) is 5.34. The maximum Gasteiger partial charge on any atom is 0.416 e. The monoisotopic (exact) mass is 256 g/mol. The minimum Gasteiger partial charge on any atom is -0.428 e. The van der Waals surface area contributed by atoms with Crippen molar-refractivity contribution in [1.82, 2.24) is 4.98 Å². The highest BCUT2D eigenvalue weighted by Crippen LogP contribution is 2.33. The molecule has 2 aromatic rings. The van der Waals surface area contributed by atoms with Crippen molar-refractivity contribution in [3.8, 4) is 11.3 Å². The van der Waals surface area contributed by atoms with Crippen LogP contribution in [0, 0.1) is 0 Å². The molecule has 0 spiro atoms. The summed E-state index contributed by atoms with van der Waals surface area (Å²) in [6.45, 7) is 1.82. The highest BCUT2D eigenvalue weighted by atomic mass is 19.4. The molecular weight excluding hydrogens is 245 g/mol. The van der Waals surface area contributed by atoms with Crippen LogP contribution in [0.1, 0.15) is 18.2 Å². The average molecular weight is 256 g/mol. The summed E-state index contributed by atoms with van der Waals surface area (Å²) < 4.78 is 42.9. The number of hydrogen-bond acceptors (Lipinski definition) is 3. The Kier molecular flexibility index (Phi) is 3.02. The second-order valence-electron chi connectivity index (χ2n) is 3.76. The summed E-state index contributed by atoms with van der Waals surface area (Å²) in [6, 6.07) is 4.89. The summed E-state index contributed by atoms with van der Waals surface area (Å²) in [6.07, 6.45) is -3.87. The van der Waals surface area contributed by atoms with E-state index in [0.29, 0.717) is 23.4 Å². The molecule has 1 aromatic carbocycles. The smallest absolute Gasteiger partial charge is 0.416 e. The Morgan fingerprint density at radius 1 is 1.33 bits per heavy atom. The van der Waals surface area contributed by atoms with Crippen molar-refractivity contribution in [3.63, 3.8) is 0 Å². The van der Waals surface area contributed by atoms with E-state index < -0.39 is 11.7 Å². The van der Waals surface area contributed by atoms with Crippen LogP contribution in [-0.4, -0.2) is 4.98 Å². The van der Waals surface area contributed by atoms with Crippen LogP contribution in [0.4, 0.5) is 19.2 Å². The van der Waals surface area contributed by atoms with Gasteiger partial charge in [-0.25, -0.2) is 0 Å². The van der Waals surface area contributed by atoms with Crippen LogP contribution in [0.15, 0.2) is 28.7 Å². The first-order valence-corrected chi connectivity index (χ1v) is 5.34. The van der Waals surface area contributed by atoms with Gasteiger partial charge in [0.25, 0.3) is 6.01 Å². The Balaban J connectivity index is 2.51. The molecule has 96 valence electrons. The number of rotatable bonds is 2. The molecule has 3 nitrogen and oxygen atoms in total. The quantitative estimate of drug-likeness (QED) is 0.894. The van der Waals surface area contributed by atoms with Gasteiger partial charge in [-0.05, 0) is 12.1 Å². The van der Waals surface area contributed by atoms with Crippen molar-refractivity contribution in [2.24, 2.45) is 0 Å². The summed E-state index contributed by atoms with van der Waals surface area (Å²) in [5.41, 5.74) is 5.41. The van der Waals surface area contributed by atoms with Gasteiger partial charge in [0.2, 0.25) is 0 Å². The van der Waals surface area contributed by atoms with Gasteiger partial charge in [-0.1, -0.05) is 19.1 Å². The van der Waals surface area contributed by atoms with E-state index in [1.54, 1.807) is 6.07 Å². The number of aryl methyl sites for hydroxylation is 1. The summed E-state index contributed by atoms with van der Waals surface area (Å²) in [7, 11) is 0. The predicted octanol–water partition coefficient (Wildman–Crippen LogP) is 3.51. The number of hydrogen-bond donors (Lipinski definition) is 1. The highest BCUT2D eigenvalue weighted by molar-refractivity contribution is 5.63. The molecule has 2 N–H and O–H groups in total. The minimum atomic E-state index is -4.38. The molecule has 0 atom stereocenters. The third-order valence-corrected chi connectivity index (χ3v) is 2.50. The van der Waals surface area contributed by atoms with Crippen LogP contribution in [0.2, 0.25) is 0 Å². The van der Waals surface area contributed by atoms with Gasteiger partial charge in [-0.3, -0.25) is 0 Å². The number of aromatic nitrogens is 1. The fourth-order valence-electron chi connectivity index (χ4n) is 1.68. The number of nitrogens with zero attached hydrogens (tertiary/aromatic N) is 1. The molecule has 18 heavy (non-hydrogen) atoms. The molecule has 0 aliphatic rings. The van der Waals surface area contributed by atoms with E-state index in [0.717, 1.165) is 12.1 Å². The van der Waals surface area contributed by atoms with Crippen LogP contribution < -0.4 is 5.73 Å². The maximum atomic E-state index is 12.6. The van der Waals surface area contributed by atoms with Crippen molar-refractivity contribution < 1.29 is 17.6 Å². The molecule has 0 aliphatic carbocycles. The van der Waals surface area contributed by atoms with E-state index in [1.807, 2.05) is 6.92 Å². The molecule has 2 rings (SSSR count). The lowest BCUT2D eigenvalue weighted by molar-refractivity contribution is -0.137. The lowest BCUT2D eigenvalue weighted by atomic mass is 10.1. The third kappa shape index (κ3) is 2.32. The highest BCUT2D eigenvalue weighted by Gasteiger charge is 2.30. The predicted molar refractivity (Wildman–Crippen MR) is 60.7 cm³/mol. The largest absolute Gasteiger partial charge is 0.428 e. The van der Waals surface area contributed by atoms with E-state index in [1.165, 1.54) is 6.07 Å². The minimum absolute atomic E-state index is 0.0424. The normalized spacial score (nSPS) is 11.8. The molecule has 0 saturated carbocycles. The average Bonchev–Trinajstić information content (AvgIpc) is 2.69. The number of nitrogens with two attached hydrogens (primary N) is 1. The zero-order valence-electron chi connectivity index (χ0n) is 9.58. The first-order chi connectivity index (χ1) is 8.41. The van der Waals surface area contributed by atoms with Crippen molar-refractivity contribution in [2.75, 3.05) is 5.73 Å². The van der Waals surface area contributed by atoms with Crippen LogP contribution in [0.3, 0.4) is 0 Å². The molecule has 0 saturated heterocycles. The second-order valence-corrected chi connectivity index (χ2v) is 3.76. The van der Waals surface area contributed by atoms with Crippen LogP contribution in [0.5, 0.6) is 0 Å². The molecule has 0 bridgehead atoms. The molecule has 1 aromatic heterocycles. The molecule has 0 fully saturated rings. The Bertz CT molecular complexity index is 561. The molecule has 1 heterocycles. The molecule has 0 radical (unpaired) electrons. The zero-order chi connectivity index (χ0) is 13.3. The van der Waals surface area contributed by atoms with Crippen LogP contribution >= 0.6 is 0 Å².